The Hall–Kier alpha value is -2.30. The average Bonchev–Trinajstić information content (AvgIpc) is 2.29. The lowest BCUT2D eigenvalue weighted by atomic mass is 10.1. The molecule has 4 nitrogen and oxygen atoms in total. The van der Waals surface area contributed by atoms with Crippen LogP contribution in [0.25, 0.3) is 11.1 Å². The first kappa shape index (κ1) is 11.2. The molecule has 2 aromatic rings. The highest BCUT2D eigenvalue weighted by Gasteiger charge is 2.11. The van der Waals surface area contributed by atoms with Crippen LogP contribution in [-0.2, 0) is 0 Å². The number of nitrogens with two attached hydrogens (primary N) is 2. The molecule has 0 fully saturated rings. The zero-order valence-electron chi connectivity index (χ0n) is 9.27. The van der Waals surface area contributed by atoms with Crippen LogP contribution in [0, 0.1) is 5.82 Å². The van der Waals surface area contributed by atoms with Crippen molar-refractivity contribution in [1.29, 1.82) is 0 Å². The molecule has 88 valence electrons. The standard InChI is InChI=1S/C12H12FN3O/c1-17-10-4-2-7(13)6-9(10)8-3-5-11(14)16-12(8)15/h2-6H,1H3,(H4,14,15,16). The van der Waals surface area contributed by atoms with E-state index in [1.165, 1.54) is 19.2 Å². The summed E-state index contributed by atoms with van der Waals surface area (Å²) in [6.07, 6.45) is 0. The van der Waals surface area contributed by atoms with Gasteiger partial charge < -0.3 is 16.2 Å². The number of hydrogen-bond acceptors (Lipinski definition) is 4. The van der Waals surface area contributed by atoms with Crippen LogP contribution in [-0.4, -0.2) is 12.1 Å². The smallest absolute Gasteiger partial charge is 0.133 e. The minimum absolute atomic E-state index is 0.244. The van der Waals surface area contributed by atoms with Crippen LogP contribution < -0.4 is 16.2 Å². The lowest BCUT2D eigenvalue weighted by Crippen LogP contribution is -1.99. The van der Waals surface area contributed by atoms with Crippen LogP contribution >= 0.6 is 0 Å². The first-order valence-electron chi connectivity index (χ1n) is 4.97. The van der Waals surface area contributed by atoms with E-state index in [0.29, 0.717) is 22.7 Å². The van der Waals surface area contributed by atoms with Gasteiger partial charge in [-0.15, -0.1) is 0 Å². The number of ether oxygens (including phenoxy) is 1. The van der Waals surface area contributed by atoms with Gasteiger partial charge in [0.1, 0.15) is 23.2 Å². The van der Waals surface area contributed by atoms with Crippen LogP contribution in [0.4, 0.5) is 16.0 Å². The second-order valence-corrected chi connectivity index (χ2v) is 3.51. The third-order valence-corrected chi connectivity index (χ3v) is 2.40. The number of nitrogens with zero attached hydrogens (tertiary/aromatic N) is 1. The summed E-state index contributed by atoms with van der Waals surface area (Å²) in [7, 11) is 1.51. The monoisotopic (exact) mass is 233 g/mol. The van der Waals surface area contributed by atoms with Crippen molar-refractivity contribution in [2.24, 2.45) is 0 Å². The number of methoxy groups -OCH3 is 1. The maximum Gasteiger partial charge on any atom is 0.133 e. The number of pyridine rings is 1. The molecule has 0 saturated carbocycles. The van der Waals surface area contributed by atoms with Gasteiger partial charge >= 0.3 is 0 Å². The summed E-state index contributed by atoms with van der Waals surface area (Å²) in [6.45, 7) is 0. The quantitative estimate of drug-likeness (QED) is 0.832. The summed E-state index contributed by atoms with van der Waals surface area (Å²) >= 11 is 0. The predicted octanol–water partition coefficient (Wildman–Crippen LogP) is 2.06. The number of rotatable bonds is 2. The number of nitrogen functional groups attached to an aromatic ring is 2. The molecule has 0 saturated heterocycles. The molecule has 0 unspecified atom stereocenters. The average molecular weight is 233 g/mol. The zero-order chi connectivity index (χ0) is 12.4. The molecule has 0 atom stereocenters. The third-order valence-electron chi connectivity index (χ3n) is 2.40. The van der Waals surface area contributed by atoms with Crippen molar-refractivity contribution in [3.8, 4) is 16.9 Å². The molecule has 1 heterocycles. The fourth-order valence-corrected chi connectivity index (χ4v) is 1.61. The zero-order valence-corrected chi connectivity index (χ0v) is 9.27. The Balaban J connectivity index is 2.62. The Morgan fingerprint density at radius 2 is 1.88 bits per heavy atom. The van der Waals surface area contributed by atoms with Crippen LogP contribution in [0.5, 0.6) is 5.75 Å². The normalized spacial score (nSPS) is 10.2. The summed E-state index contributed by atoms with van der Waals surface area (Å²) < 4.78 is 18.4. The second kappa shape index (κ2) is 4.29. The molecule has 0 aliphatic carbocycles. The third kappa shape index (κ3) is 2.13. The maximum atomic E-state index is 13.2. The van der Waals surface area contributed by atoms with E-state index < -0.39 is 0 Å². The summed E-state index contributed by atoms with van der Waals surface area (Å²) in [5.74, 6) is 0.734. The van der Waals surface area contributed by atoms with Crippen molar-refractivity contribution in [3.05, 3.63) is 36.1 Å². The minimum atomic E-state index is -0.364. The maximum absolute atomic E-state index is 13.2. The van der Waals surface area contributed by atoms with Gasteiger partial charge in [-0.05, 0) is 30.3 Å². The van der Waals surface area contributed by atoms with Gasteiger partial charge in [0.15, 0.2) is 0 Å². The van der Waals surface area contributed by atoms with Crippen molar-refractivity contribution >= 4 is 11.6 Å². The Morgan fingerprint density at radius 3 is 2.53 bits per heavy atom. The highest BCUT2D eigenvalue weighted by molar-refractivity contribution is 5.79. The molecule has 0 bridgehead atoms. The molecule has 0 aliphatic rings. The van der Waals surface area contributed by atoms with Gasteiger partial charge in [0.05, 0.1) is 7.11 Å². The van der Waals surface area contributed by atoms with E-state index in [9.17, 15) is 4.39 Å². The van der Waals surface area contributed by atoms with Crippen LogP contribution in [0.2, 0.25) is 0 Å². The summed E-state index contributed by atoms with van der Waals surface area (Å²) in [6, 6.07) is 7.51. The summed E-state index contributed by atoms with van der Waals surface area (Å²) in [5, 5.41) is 0. The van der Waals surface area contributed by atoms with Crippen molar-refractivity contribution in [2.45, 2.75) is 0 Å². The summed E-state index contributed by atoms with van der Waals surface area (Å²) in [5.41, 5.74) is 12.4. The van der Waals surface area contributed by atoms with Crippen LogP contribution in [0.15, 0.2) is 30.3 Å². The predicted molar refractivity (Wildman–Crippen MR) is 65.0 cm³/mol. The van der Waals surface area contributed by atoms with E-state index in [0.717, 1.165) is 0 Å². The molecular weight excluding hydrogens is 221 g/mol. The fourth-order valence-electron chi connectivity index (χ4n) is 1.61. The molecular formula is C12H12FN3O. The number of aromatic nitrogens is 1. The van der Waals surface area contributed by atoms with E-state index >= 15 is 0 Å². The molecule has 17 heavy (non-hydrogen) atoms. The Kier molecular flexibility index (Phi) is 2.82. The van der Waals surface area contributed by atoms with Crippen molar-refractivity contribution < 1.29 is 9.13 Å². The van der Waals surface area contributed by atoms with Crippen molar-refractivity contribution in [1.82, 2.24) is 4.98 Å². The molecule has 1 aromatic heterocycles. The van der Waals surface area contributed by atoms with E-state index in [1.54, 1.807) is 18.2 Å². The van der Waals surface area contributed by atoms with Crippen molar-refractivity contribution in [3.63, 3.8) is 0 Å². The molecule has 5 heteroatoms. The van der Waals surface area contributed by atoms with Gasteiger partial charge in [-0.3, -0.25) is 0 Å². The number of halogens is 1. The Morgan fingerprint density at radius 1 is 1.12 bits per heavy atom. The highest BCUT2D eigenvalue weighted by atomic mass is 19.1. The van der Waals surface area contributed by atoms with Gasteiger partial charge in [0, 0.05) is 11.1 Å². The van der Waals surface area contributed by atoms with Gasteiger partial charge in [-0.1, -0.05) is 0 Å². The van der Waals surface area contributed by atoms with Crippen molar-refractivity contribution in [2.75, 3.05) is 18.6 Å². The van der Waals surface area contributed by atoms with E-state index in [-0.39, 0.29) is 11.6 Å². The topological polar surface area (TPSA) is 74.2 Å². The number of benzene rings is 1. The largest absolute Gasteiger partial charge is 0.496 e. The SMILES string of the molecule is COc1ccc(F)cc1-c1ccc(N)nc1N. The molecule has 0 aliphatic heterocycles. The lowest BCUT2D eigenvalue weighted by molar-refractivity contribution is 0.415. The van der Waals surface area contributed by atoms with E-state index in [4.69, 9.17) is 16.2 Å². The minimum Gasteiger partial charge on any atom is -0.496 e. The Bertz CT molecular complexity index is 557. The fraction of sp³-hybridized carbons (Fsp3) is 0.0833. The molecule has 0 spiro atoms. The first-order valence-corrected chi connectivity index (χ1v) is 4.97. The van der Waals surface area contributed by atoms with Gasteiger partial charge in [-0.2, -0.15) is 0 Å². The van der Waals surface area contributed by atoms with E-state index in [1.807, 2.05) is 0 Å². The number of anilines is 2. The molecule has 4 N–H and O–H groups in total. The molecule has 0 radical (unpaired) electrons. The van der Waals surface area contributed by atoms with Gasteiger partial charge in [0.2, 0.25) is 0 Å². The lowest BCUT2D eigenvalue weighted by Gasteiger charge is -2.10. The first-order chi connectivity index (χ1) is 8.11. The summed E-state index contributed by atoms with van der Waals surface area (Å²) in [4.78, 5) is 3.93. The Labute approximate surface area is 98.0 Å². The number of hydrogen-bond donors (Lipinski definition) is 2. The van der Waals surface area contributed by atoms with Crippen LogP contribution in [0.1, 0.15) is 0 Å². The second-order valence-electron chi connectivity index (χ2n) is 3.51. The highest BCUT2D eigenvalue weighted by Crippen LogP contribution is 2.33. The van der Waals surface area contributed by atoms with Gasteiger partial charge in [-0.25, -0.2) is 9.37 Å². The van der Waals surface area contributed by atoms with E-state index in [2.05, 4.69) is 4.98 Å². The van der Waals surface area contributed by atoms with Gasteiger partial charge in [0.25, 0.3) is 0 Å². The molecule has 1 aromatic carbocycles. The van der Waals surface area contributed by atoms with Crippen LogP contribution in [0.3, 0.4) is 0 Å². The molecule has 0 amide bonds. The molecule has 2 rings (SSSR count).